The Kier molecular flexibility index (Phi) is 3.74. The molecule has 0 unspecified atom stereocenters. The van der Waals surface area contributed by atoms with Crippen LogP contribution in [-0.2, 0) is 6.42 Å². The average molecular weight is 179 g/mol. The Bertz CT molecular complexity index is 258. The molecule has 0 N–H and O–H groups in total. The third kappa shape index (κ3) is 3.45. The quantitative estimate of drug-likeness (QED) is 0.709. The molecular weight excluding hydrogens is 162 g/mol. The Morgan fingerprint density at radius 3 is 2.77 bits per heavy atom. The number of ether oxygens (including phenoxy) is 1. The van der Waals surface area contributed by atoms with Crippen LogP contribution in [0.3, 0.4) is 0 Å². The Morgan fingerprint density at radius 1 is 1.38 bits per heavy atom. The van der Waals surface area contributed by atoms with Crippen molar-refractivity contribution in [1.82, 2.24) is 4.98 Å². The summed E-state index contributed by atoms with van der Waals surface area (Å²) in [7, 11) is 0. The molecule has 1 heterocycles. The Morgan fingerprint density at radius 2 is 2.15 bits per heavy atom. The minimum atomic E-state index is 0.643. The van der Waals surface area contributed by atoms with E-state index in [2.05, 4.69) is 18.8 Å². The van der Waals surface area contributed by atoms with Crippen molar-refractivity contribution in [3.63, 3.8) is 0 Å². The fourth-order valence-electron chi connectivity index (χ4n) is 1.22. The molecular formula is C11H17NO. The van der Waals surface area contributed by atoms with Gasteiger partial charge in [0.15, 0.2) is 0 Å². The first-order valence-electron chi connectivity index (χ1n) is 4.81. The number of aromatic nitrogens is 1. The number of pyridine rings is 1. The molecule has 2 nitrogen and oxygen atoms in total. The molecule has 0 aliphatic rings. The van der Waals surface area contributed by atoms with E-state index in [1.54, 1.807) is 0 Å². The first-order chi connectivity index (χ1) is 6.22. The second-order valence-corrected chi connectivity index (χ2v) is 3.50. The van der Waals surface area contributed by atoms with Gasteiger partial charge in [-0.15, -0.1) is 0 Å². The summed E-state index contributed by atoms with van der Waals surface area (Å²) in [4.78, 5) is 4.38. The lowest BCUT2D eigenvalue weighted by Gasteiger charge is -2.06. The molecule has 0 spiro atoms. The van der Waals surface area contributed by atoms with Crippen LogP contribution in [0.15, 0.2) is 18.2 Å². The zero-order valence-corrected chi connectivity index (χ0v) is 8.58. The molecule has 13 heavy (non-hydrogen) atoms. The van der Waals surface area contributed by atoms with Gasteiger partial charge in [-0.2, -0.15) is 0 Å². The van der Waals surface area contributed by atoms with E-state index in [1.165, 1.54) is 0 Å². The van der Waals surface area contributed by atoms with Crippen molar-refractivity contribution >= 4 is 0 Å². The largest absolute Gasteiger partial charge is 0.478 e. The highest BCUT2D eigenvalue weighted by Gasteiger charge is 2.00. The lowest BCUT2D eigenvalue weighted by atomic mass is 10.1. The van der Waals surface area contributed by atoms with E-state index in [-0.39, 0.29) is 0 Å². The number of nitrogens with zero attached hydrogens (tertiary/aromatic N) is 1. The van der Waals surface area contributed by atoms with Crippen LogP contribution in [0.4, 0.5) is 0 Å². The van der Waals surface area contributed by atoms with E-state index in [0.717, 1.165) is 18.0 Å². The molecule has 0 aliphatic heterocycles. The van der Waals surface area contributed by atoms with Crippen LogP contribution in [-0.4, -0.2) is 11.6 Å². The van der Waals surface area contributed by atoms with Crippen LogP contribution in [0.25, 0.3) is 0 Å². The SMILES string of the molecule is CCOc1cccc(CC(C)C)n1. The number of hydrogen-bond acceptors (Lipinski definition) is 2. The average Bonchev–Trinajstić information content (AvgIpc) is 2.04. The molecule has 0 bridgehead atoms. The summed E-state index contributed by atoms with van der Waals surface area (Å²) < 4.78 is 5.32. The molecule has 0 fully saturated rings. The van der Waals surface area contributed by atoms with E-state index in [1.807, 2.05) is 25.1 Å². The first-order valence-corrected chi connectivity index (χ1v) is 4.81. The van der Waals surface area contributed by atoms with Crippen molar-refractivity contribution in [2.24, 2.45) is 5.92 Å². The van der Waals surface area contributed by atoms with E-state index in [0.29, 0.717) is 12.5 Å². The zero-order valence-electron chi connectivity index (χ0n) is 8.58. The second-order valence-electron chi connectivity index (χ2n) is 3.50. The zero-order chi connectivity index (χ0) is 9.68. The molecule has 1 aromatic heterocycles. The monoisotopic (exact) mass is 179 g/mol. The minimum absolute atomic E-state index is 0.643. The maximum Gasteiger partial charge on any atom is 0.213 e. The van der Waals surface area contributed by atoms with Gasteiger partial charge in [0.05, 0.1) is 6.61 Å². The lowest BCUT2D eigenvalue weighted by molar-refractivity contribution is 0.325. The third-order valence-electron chi connectivity index (χ3n) is 1.69. The van der Waals surface area contributed by atoms with Crippen LogP contribution in [0.2, 0.25) is 0 Å². The molecule has 0 amide bonds. The third-order valence-corrected chi connectivity index (χ3v) is 1.69. The van der Waals surface area contributed by atoms with Gasteiger partial charge in [0.2, 0.25) is 5.88 Å². The topological polar surface area (TPSA) is 22.1 Å². The summed E-state index contributed by atoms with van der Waals surface area (Å²) in [6.07, 6.45) is 1.01. The maximum absolute atomic E-state index is 5.32. The van der Waals surface area contributed by atoms with Crippen LogP contribution in [0.5, 0.6) is 5.88 Å². The van der Waals surface area contributed by atoms with E-state index in [9.17, 15) is 0 Å². The lowest BCUT2D eigenvalue weighted by Crippen LogP contribution is -2.00. The standard InChI is InChI=1S/C11H17NO/c1-4-13-11-7-5-6-10(12-11)8-9(2)3/h5-7,9H,4,8H2,1-3H3. The van der Waals surface area contributed by atoms with Crippen molar-refractivity contribution in [2.45, 2.75) is 27.2 Å². The van der Waals surface area contributed by atoms with Gasteiger partial charge in [0.25, 0.3) is 0 Å². The molecule has 0 aliphatic carbocycles. The molecule has 0 saturated heterocycles. The molecule has 0 radical (unpaired) electrons. The summed E-state index contributed by atoms with van der Waals surface area (Å²) in [5.74, 6) is 1.38. The fourth-order valence-corrected chi connectivity index (χ4v) is 1.22. The second kappa shape index (κ2) is 4.85. The van der Waals surface area contributed by atoms with Crippen molar-refractivity contribution in [1.29, 1.82) is 0 Å². The highest BCUT2D eigenvalue weighted by atomic mass is 16.5. The molecule has 0 aromatic carbocycles. The maximum atomic E-state index is 5.32. The van der Waals surface area contributed by atoms with Crippen molar-refractivity contribution in [2.75, 3.05) is 6.61 Å². The Labute approximate surface area is 80.0 Å². The Balaban J connectivity index is 2.67. The van der Waals surface area contributed by atoms with Gasteiger partial charge in [-0.3, -0.25) is 0 Å². The van der Waals surface area contributed by atoms with Gasteiger partial charge < -0.3 is 4.74 Å². The van der Waals surface area contributed by atoms with Crippen LogP contribution < -0.4 is 4.74 Å². The van der Waals surface area contributed by atoms with Gasteiger partial charge in [0.1, 0.15) is 0 Å². The fraction of sp³-hybridized carbons (Fsp3) is 0.545. The smallest absolute Gasteiger partial charge is 0.213 e. The van der Waals surface area contributed by atoms with Gasteiger partial charge in [-0.25, -0.2) is 4.98 Å². The summed E-state index contributed by atoms with van der Waals surface area (Å²) >= 11 is 0. The van der Waals surface area contributed by atoms with Crippen molar-refractivity contribution in [3.8, 4) is 5.88 Å². The summed E-state index contributed by atoms with van der Waals surface area (Å²) in [5, 5.41) is 0. The highest BCUT2D eigenvalue weighted by Crippen LogP contribution is 2.10. The minimum Gasteiger partial charge on any atom is -0.478 e. The van der Waals surface area contributed by atoms with E-state index >= 15 is 0 Å². The molecule has 72 valence electrons. The molecule has 1 rings (SSSR count). The van der Waals surface area contributed by atoms with Gasteiger partial charge in [-0.1, -0.05) is 19.9 Å². The van der Waals surface area contributed by atoms with Crippen LogP contribution in [0, 0.1) is 5.92 Å². The van der Waals surface area contributed by atoms with Crippen molar-refractivity contribution in [3.05, 3.63) is 23.9 Å². The molecule has 2 heteroatoms. The van der Waals surface area contributed by atoms with Gasteiger partial charge in [-0.05, 0) is 25.3 Å². The first kappa shape index (κ1) is 10.0. The van der Waals surface area contributed by atoms with Gasteiger partial charge in [0, 0.05) is 11.8 Å². The molecule has 0 saturated carbocycles. The van der Waals surface area contributed by atoms with Crippen LogP contribution in [0.1, 0.15) is 26.5 Å². The summed E-state index contributed by atoms with van der Waals surface area (Å²) in [6.45, 7) is 7.03. The predicted octanol–water partition coefficient (Wildman–Crippen LogP) is 2.68. The van der Waals surface area contributed by atoms with Crippen molar-refractivity contribution < 1.29 is 4.74 Å². The van der Waals surface area contributed by atoms with Crippen LogP contribution >= 0.6 is 0 Å². The molecule has 0 atom stereocenters. The van der Waals surface area contributed by atoms with E-state index < -0.39 is 0 Å². The number of rotatable bonds is 4. The highest BCUT2D eigenvalue weighted by molar-refractivity contribution is 5.15. The van der Waals surface area contributed by atoms with Gasteiger partial charge >= 0.3 is 0 Å². The number of hydrogen-bond donors (Lipinski definition) is 0. The Hall–Kier alpha value is -1.05. The summed E-state index contributed by atoms with van der Waals surface area (Å²) in [5.41, 5.74) is 1.11. The molecule has 1 aromatic rings. The predicted molar refractivity (Wildman–Crippen MR) is 53.9 cm³/mol. The summed E-state index contributed by atoms with van der Waals surface area (Å²) in [6, 6.07) is 5.94. The van der Waals surface area contributed by atoms with E-state index in [4.69, 9.17) is 4.74 Å². The normalized spacial score (nSPS) is 10.5.